The SMILES string of the molecule is CC1CNCCN1C(=O)C1CCN(c2ccc(F)c(F)c2)C1=O. The summed E-state index contributed by atoms with van der Waals surface area (Å²) in [7, 11) is 0. The second kappa shape index (κ2) is 6.23. The Morgan fingerprint density at radius 3 is 2.74 bits per heavy atom. The highest BCUT2D eigenvalue weighted by Crippen LogP contribution is 2.28. The molecule has 2 aliphatic heterocycles. The van der Waals surface area contributed by atoms with Crippen LogP contribution in [0.1, 0.15) is 13.3 Å². The summed E-state index contributed by atoms with van der Waals surface area (Å²) in [6.07, 6.45) is 0.396. The van der Waals surface area contributed by atoms with Crippen LogP contribution in [0.15, 0.2) is 18.2 Å². The third-order valence-corrected chi connectivity index (χ3v) is 4.50. The maximum atomic E-state index is 13.4. The second-order valence-corrected chi connectivity index (χ2v) is 6.01. The molecule has 7 heteroatoms. The van der Waals surface area contributed by atoms with Crippen LogP contribution in [0.25, 0.3) is 0 Å². The Morgan fingerprint density at radius 1 is 1.26 bits per heavy atom. The van der Waals surface area contributed by atoms with Gasteiger partial charge in [0.25, 0.3) is 0 Å². The summed E-state index contributed by atoms with van der Waals surface area (Å²) in [5, 5.41) is 3.20. The number of hydrogen-bond acceptors (Lipinski definition) is 3. The highest BCUT2D eigenvalue weighted by Gasteiger charge is 2.41. The van der Waals surface area contributed by atoms with Crippen molar-refractivity contribution in [1.29, 1.82) is 0 Å². The number of carbonyl (C=O) groups excluding carboxylic acids is 2. The molecule has 1 aromatic carbocycles. The van der Waals surface area contributed by atoms with Gasteiger partial charge in [-0.3, -0.25) is 9.59 Å². The van der Waals surface area contributed by atoms with Gasteiger partial charge in [0.05, 0.1) is 0 Å². The monoisotopic (exact) mass is 323 g/mol. The number of anilines is 1. The lowest BCUT2D eigenvalue weighted by Crippen LogP contribution is -2.54. The van der Waals surface area contributed by atoms with E-state index in [0.29, 0.717) is 32.6 Å². The summed E-state index contributed by atoms with van der Waals surface area (Å²) in [4.78, 5) is 28.3. The normalized spacial score (nSPS) is 25.1. The molecule has 0 aromatic heterocycles. The first-order valence-corrected chi connectivity index (χ1v) is 7.76. The van der Waals surface area contributed by atoms with Gasteiger partial charge >= 0.3 is 0 Å². The number of benzene rings is 1. The molecule has 0 saturated carbocycles. The van der Waals surface area contributed by atoms with Crippen LogP contribution in [0.4, 0.5) is 14.5 Å². The fourth-order valence-corrected chi connectivity index (χ4v) is 3.19. The molecule has 0 bridgehead atoms. The Hall–Kier alpha value is -2.02. The van der Waals surface area contributed by atoms with Crippen molar-refractivity contribution in [3.63, 3.8) is 0 Å². The minimum atomic E-state index is -0.999. The molecule has 2 atom stereocenters. The van der Waals surface area contributed by atoms with E-state index in [1.807, 2.05) is 6.92 Å². The maximum Gasteiger partial charge on any atom is 0.239 e. The number of hydrogen-bond donors (Lipinski definition) is 1. The largest absolute Gasteiger partial charge is 0.337 e. The molecule has 2 amide bonds. The van der Waals surface area contributed by atoms with E-state index in [0.717, 1.165) is 12.1 Å². The van der Waals surface area contributed by atoms with Crippen LogP contribution >= 0.6 is 0 Å². The Bertz CT molecular complexity index is 638. The molecular weight excluding hydrogens is 304 g/mol. The first kappa shape index (κ1) is 15.9. The third-order valence-electron chi connectivity index (χ3n) is 4.50. The van der Waals surface area contributed by atoms with Crippen molar-refractivity contribution in [1.82, 2.24) is 10.2 Å². The summed E-state index contributed by atoms with van der Waals surface area (Å²) in [6.45, 7) is 4.27. The number of nitrogens with one attached hydrogen (secondary N) is 1. The van der Waals surface area contributed by atoms with E-state index in [-0.39, 0.29) is 23.5 Å². The highest BCUT2D eigenvalue weighted by atomic mass is 19.2. The Kier molecular flexibility index (Phi) is 4.30. The molecule has 2 saturated heterocycles. The van der Waals surface area contributed by atoms with E-state index >= 15 is 0 Å². The number of rotatable bonds is 2. The van der Waals surface area contributed by atoms with E-state index in [9.17, 15) is 18.4 Å². The smallest absolute Gasteiger partial charge is 0.239 e. The predicted molar refractivity (Wildman–Crippen MR) is 80.9 cm³/mol. The first-order chi connectivity index (χ1) is 11.0. The van der Waals surface area contributed by atoms with Gasteiger partial charge in [-0.25, -0.2) is 8.78 Å². The van der Waals surface area contributed by atoms with Gasteiger partial charge in [0.15, 0.2) is 11.6 Å². The summed E-state index contributed by atoms with van der Waals surface area (Å²) in [6, 6.07) is 3.39. The molecular formula is C16H19F2N3O2. The second-order valence-electron chi connectivity index (χ2n) is 6.01. The number of amides is 2. The van der Waals surface area contributed by atoms with Gasteiger partial charge in [0.1, 0.15) is 5.92 Å². The lowest BCUT2D eigenvalue weighted by molar-refractivity contribution is -0.142. The number of carbonyl (C=O) groups is 2. The van der Waals surface area contributed by atoms with Gasteiger partial charge < -0.3 is 15.1 Å². The molecule has 0 spiro atoms. The third kappa shape index (κ3) is 2.93. The average Bonchev–Trinajstić information content (AvgIpc) is 2.91. The minimum Gasteiger partial charge on any atom is -0.337 e. The van der Waals surface area contributed by atoms with Crippen LogP contribution in [-0.4, -0.2) is 48.9 Å². The molecule has 2 fully saturated rings. The van der Waals surface area contributed by atoms with Crippen molar-refractivity contribution < 1.29 is 18.4 Å². The van der Waals surface area contributed by atoms with Crippen LogP contribution in [0.2, 0.25) is 0 Å². The van der Waals surface area contributed by atoms with Crippen LogP contribution < -0.4 is 10.2 Å². The Balaban J connectivity index is 1.75. The summed E-state index contributed by atoms with van der Waals surface area (Å²) in [5.41, 5.74) is 0.289. The Morgan fingerprint density at radius 2 is 2.04 bits per heavy atom. The van der Waals surface area contributed by atoms with Gasteiger partial charge in [0, 0.05) is 44.0 Å². The molecule has 23 heavy (non-hydrogen) atoms. The number of nitrogens with zero attached hydrogens (tertiary/aromatic N) is 2. The van der Waals surface area contributed by atoms with Crippen LogP contribution in [0.5, 0.6) is 0 Å². The maximum absolute atomic E-state index is 13.4. The molecule has 2 unspecified atom stereocenters. The van der Waals surface area contributed by atoms with Gasteiger partial charge in [-0.05, 0) is 25.5 Å². The van der Waals surface area contributed by atoms with Crippen LogP contribution in [0, 0.1) is 17.6 Å². The quantitative estimate of drug-likeness (QED) is 0.831. The zero-order chi connectivity index (χ0) is 16.6. The summed E-state index contributed by atoms with van der Waals surface area (Å²) in [5.74, 6) is -3.20. The van der Waals surface area contributed by atoms with E-state index < -0.39 is 17.6 Å². The van der Waals surface area contributed by atoms with Gasteiger partial charge in [0.2, 0.25) is 11.8 Å². The minimum absolute atomic E-state index is 0.0429. The van der Waals surface area contributed by atoms with E-state index in [1.54, 1.807) is 4.90 Å². The van der Waals surface area contributed by atoms with Crippen LogP contribution in [0.3, 0.4) is 0 Å². The zero-order valence-corrected chi connectivity index (χ0v) is 12.9. The number of piperazine rings is 1. The van der Waals surface area contributed by atoms with Crippen molar-refractivity contribution in [3.8, 4) is 0 Å². The zero-order valence-electron chi connectivity index (χ0n) is 12.9. The van der Waals surface area contributed by atoms with Crippen molar-refractivity contribution in [3.05, 3.63) is 29.8 Å². The summed E-state index contributed by atoms with van der Waals surface area (Å²) >= 11 is 0. The van der Waals surface area contributed by atoms with E-state index in [4.69, 9.17) is 0 Å². The standard InChI is InChI=1S/C16H19F2N3O2/c1-10-9-19-5-7-20(10)15(22)12-4-6-21(16(12)23)11-2-3-13(17)14(18)8-11/h2-3,8,10,12,19H,4-7,9H2,1H3. The summed E-state index contributed by atoms with van der Waals surface area (Å²) < 4.78 is 26.4. The molecule has 124 valence electrons. The fraction of sp³-hybridized carbons (Fsp3) is 0.500. The van der Waals surface area contributed by atoms with Crippen molar-refractivity contribution in [2.75, 3.05) is 31.1 Å². The molecule has 0 radical (unpaired) electrons. The molecule has 0 aliphatic carbocycles. The highest BCUT2D eigenvalue weighted by molar-refractivity contribution is 6.09. The molecule has 5 nitrogen and oxygen atoms in total. The molecule has 1 aromatic rings. The van der Waals surface area contributed by atoms with Crippen molar-refractivity contribution >= 4 is 17.5 Å². The lowest BCUT2D eigenvalue weighted by Gasteiger charge is -2.35. The van der Waals surface area contributed by atoms with Crippen molar-refractivity contribution in [2.45, 2.75) is 19.4 Å². The van der Waals surface area contributed by atoms with Gasteiger partial charge in [-0.2, -0.15) is 0 Å². The van der Waals surface area contributed by atoms with Crippen LogP contribution in [-0.2, 0) is 9.59 Å². The van der Waals surface area contributed by atoms with E-state index in [1.165, 1.54) is 11.0 Å². The molecule has 2 aliphatic rings. The molecule has 1 N–H and O–H groups in total. The number of halogens is 2. The van der Waals surface area contributed by atoms with E-state index in [2.05, 4.69) is 5.32 Å². The van der Waals surface area contributed by atoms with Gasteiger partial charge in [-0.1, -0.05) is 0 Å². The average molecular weight is 323 g/mol. The molecule has 3 rings (SSSR count). The molecule has 2 heterocycles. The predicted octanol–water partition coefficient (Wildman–Crippen LogP) is 1.14. The lowest BCUT2D eigenvalue weighted by atomic mass is 10.0. The fourth-order valence-electron chi connectivity index (χ4n) is 3.19. The van der Waals surface area contributed by atoms with Gasteiger partial charge in [-0.15, -0.1) is 0 Å². The van der Waals surface area contributed by atoms with Crippen molar-refractivity contribution in [2.24, 2.45) is 5.92 Å². The topological polar surface area (TPSA) is 52.7 Å². The first-order valence-electron chi connectivity index (χ1n) is 7.76. The Labute approximate surface area is 133 Å².